The van der Waals surface area contributed by atoms with Gasteiger partial charge in [-0.3, -0.25) is 9.78 Å². The summed E-state index contributed by atoms with van der Waals surface area (Å²) in [5.41, 5.74) is 2.36. The summed E-state index contributed by atoms with van der Waals surface area (Å²) in [4.78, 5) is 32.2. The van der Waals surface area contributed by atoms with Crippen molar-refractivity contribution in [1.29, 1.82) is 0 Å². The van der Waals surface area contributed by atoms with Gasteiger partial charge in [-0.1, -0.05) is 6.07 Å². The second-order valence-electron chi connectivity index (χ2n) is 6.17. The standard InChI is InChI=1S/C19H23N5O3/c1-27-14-18(25)21-15-3-2-4-16(13-15)22-19(26)24-11-9-23(10-12-24)17-5-7-20-8-6-17/h2-8,13H,9-12,14H2,1H3,(H,21,25)(H,22,26). The smallest absolute Gasteiger partial charge is 0.321 e. The monoisotopic (exact) mass is 369 g/mol. The molecule has 0 atom stereocenters. The fraction of sp³-hybridized carbons (Fsp3) is 0.316. The minimum absolute atomic E-state index is 0.0155. The van der Waals surface area contributed by atoms with Gasteiger partial charge in [0, 0.05) is 62.7 Å². The second kappa shape index (κ2) is 9.00. The molecule has 0 bridgehead atoms. The van der Waals surface area contributed by atoms with E-state index in [1.165, 1.54) is 7.11 Å². The predicted molar refractivity (Wildman–Crippen MR) is 104 cm³/mol. The number of hydrogen-bond donors (Lipinski definition) is 2. The number of nitrogens with zero attached hydrogens (tertiary/aromatic N) is 3. The lowest BCUT2D eigenvalue weighted by Gasteiger charge is -2.36. The van der Waals surface area contributed by atoms with Gasteiger partial charge in [-0.05, 0) is 30.3 Å². The Labute approximate surface area is 158 Å². The Bertz CT molecular complexity index is 776. The van der Waals surface area contributed by atoms with Crippen molar-refractivity contribution in [2.24, 2.45) is 0 Å². The van der Waals surface area contributed by atoms with E-state index in [9.17, 15) is 9.59 Å². The number of pyridine rings is 1. The first-order valence-corrected chi connectivity index (χ1v) is 8.75. The molecule has 8 nitrogen and oxygen atoms in total. The quantitative estimate of drug-likeness (QED) is 0.842. The summed E-state index contributed by atoms with van der Waals surface area (Å²) in [5, 5.41) is 5.61. The van der Waals surface area contributed by atoms with Crippen LogP contribution in [0.2, 0.25) is 0 Å². The normalized spacial score (nSPS) is 14.0. The molecular formula is C19H23N5O3. The molecule has 3 amide bonds. The van der Waals surface area contributed by atoms with E-state index >= 15 is 0 Å². The van der Waals surface area contributed by atoms with Crippen molar-refractivity contribution in [2.45, 2.75) is 0 Å². The molecular weight excluding hydrogens is 346 g/mol. The number of carbonyl (C=O) groups is 2. The largest absolute Gasteiger partial charge is 0.375 e. The zero-order valence-electron chi connectivity index (χ0n) is 15.2. The average molecular weight is 369 g/mol. The highest BCUT2D eigenvalue weighted by Crippen LogP contribution is 2.18. The molecule has 8 heteroatoms. The number of rotatable bonds is 5. The third-order valence-electron chi connectivity index (χ3n) is 4.27. The number of methoxy groups -OCH3 is 1. The average Bonchev–Trinajstić information content (AvgIpc) is 2.69. The summed E-state index contributed by atoms with van der Waals surface area (Å²) in [6, 6.07) is 10.8. The van der Waals surface area contributed by atoms with Gasteiger partial charge < -0.3 is 25.2 Å². The van der Waals surface area contributed by atoms with Crippen LogP contribution in [0.15, 0.2) is 48.8 Å². The summed E-state index contributed by atoms with van der Waals surface area (Å²) in [6.45, 7) is 2.80. The van der Waals surface area contributed by atoms with Crippen LogP contribution in [0.5, 0.6) is 0 Å². The van der Waals surface area contributed by atoms with Crippen LogP contribution < -0.4 is 15.5 Å². The van der Waals surface area contributed by atoms with Gasteiger partial charge in [0.2, 0.25) is 5.91 Å². The maximum atomic E-state index is 12.5. The zero-order chi connectivity index (χ0) is 19.1. The molecule has 2 aromatic rings. The first-order chi connectivity index (χ1) is 13.2. The first kappa shape index (κ1) is 18.7. The minimum Gasteiger partial charge on any atom is -0.375 e. The summed E-state index contributed by atoms with van der Waals surface area (Å²) >= 11 is 0. The van der Waals surface area contributed by atoms with E-state index in [0.29, 0.717) is 24.5 Å². The lowest BCUT2D eigenvalue weighted by Crippen LogP contribution is -2.50. The van der Waals surface area contributed by atoms with Crippen LogP contribution in [0.4, 0.5) is 21.9 Å². The minimum atomic E-state index is -0.242. The van der Waals surface area contributed by atoms with Crippen molar-refractivity contribution in [3.63, 3.8) is 0 Å². The summed E-state index contributed by atoms with van der Waals surface area (Å²) in [5.74, 6) is -0.242. The van der Waals surface area contributed by atoms with Gasteiger partial charge in [-0.2, -0.15) is 0 Å². The topological polar surface area (TPSA) is 86.8 Å². The number of ether oxygens (including phenoxy) is 1. The van der Waals surface area contributed by atoms with Crippen LogP contribution in [-0.2, 0) is 9.53 Å². The predicted octanol–water partition coefficient (Wildman–Crippen LogP) is 2.02. The molecule has 1 saturated heterocycles. The molecule has 0 radical (unpaired) electrons. The van der Waals surface area contributed by atoms with Crippen molar-refractivity contribution in [3.8, 4) is 0 Å². The first-order valence-electron chi connectivity index (χ1n) is 8.75. The molecule has 1 aliphatic rings. The number of urea groups is 1. The lowest BCUT2D eigenvalue weighted by atomic mass is 10.2. The van der Waals surface area contributed by atoms with Crippen LogP contribution >= 0.6 is 0 Å². The van der Waals surface area contributed by atoms with Crippen LogP contribution in [0.25, 0.3) is 0 Å². The molecule has 1 aromatic heterocycles. The van der Waals surface area contributed by atoms with Gasteiger partial charge in [0.15, 0.2) is 0 Å². The van der Waals surface area contributed by atoms with Gasteiger partial charge in [-0.15, -0.1) is 0 Å². The lowest BCUT2D eigenvalue weighted by molar-refractivity contribution is -0.119. The van der Waals surface area contributed by atoms with Gasteiger partial charge in [-0.25, -0.2) is 4.79 Å². The molecule has 2 N–H and O–H groups in total. The number of piperazine rings is 1. The Balaban J connectivity index is 1.53. The SMILES string of the molecule is COCC(=O)Nc1cccc(NC(=O)N2CCN(c3ccncc3)CC2)c1. The highest BCUT2D eigenvalue weighted by Gasteiger charge is 2.21. The molecule has 0 unspecified atom stereocenters. The van der Waals surface area contributed by atoms with E-state index in [-0.39, 0.29) is 18.5 Å². The molecule has 0 spiro atoms. The fourth-order valence-corrected chi connectivity index (χ4v) is 2.93. The van der Waals surface area contributed by atoms with Gasteiger partial charge in [0.25, 0.3) is 0 Å². The zero-order valence-corrected chi connectivity index (χ0v) is 15.2. The van der Waals surface area contributed by atoms with Crippen molar-refractivity contribution in [3.05, 3.63) is 48.8 Å². The molecule has 2 heterocycles. The Morgan fingerprint density at radius 1 is 1.04 bits per heavy atom. The van der Waals surface area contributed by atoms with Gasteiger partial charge in [0.05, 0.1) is 0 Å². The Morgan fingerprint density at radius 2 is 1.70 bits per heavy atom. The van der Waals surface area contributed by atoms with Crippen LogP contribution in [0.3, 0.4) is 0 Å². The fourth-order valence-electron chi connectivity index (χ4n) is 2.93. The third kappa shape index (κ3) is 5.18. The number of benzene rings is 1. The highest BCUT2D eigenvalue weighted by atomic mass is 16.5. The molecule has 142 valence electrons. The number of aromatic nitrogens is 1. The molecule has 27 heavy (non-hydrogen) atoms. The van der Waals surface area contributed by atoms with Crippen LogP contribution in [0.1, 0.15) is 0 Å². The molecule has 1 aromatic carbocycles. The maximum Gasteiger partial charge on any atom is 0.321 e. The number of anilines is 3. The van der Waals surface area contributed by atoms with Gasteiger partial charge in [0.1, 0.15) is 6.61 Å². The molecule has 3 rings (SSSR count). The summed E-state index contributed by atoms with van der Waals surface area (Å²) in [6.07, 6.45) is 3.54. The van der Waals surface area contributed by atoms with E-state index in [4.69, 9.17) is 4.74 Å². The van der Waals surface area contributed by atoms with Crippen molar-refractivity contribution in [2.75, 3.05) is 55.4 Å². The van der Waals surface area contributed by atoms with Gasteiger partial charge >= 0.3 is 6.03 Å². The Morgan fingerprint density at radius 3 is 2.37 bits per heavy atom. The molecule has 1 fully saturated rings. The van der Waals surface area contributed by atoms with E-state index in [0.717, 1.165) is 18.8 Å². The van der Waals surface area contributed by atoms with E-state index in [2.05, 4.69) is 20.5 Å². The van der Waals surface area contributed by atoms with Crippen LogP contribution in [-0.4, -0.2) is 61.7 Å². The van der Waals surface area contributed by atoms with E-state index < -0.39 is 0 Å². The summed E-state index contributed by atoms with van der Waals surface area (Å²) in [7, 11) is 1.46. The summed E-state index contributed by atoms with van der Waals surface area (Å²) < 4.78 is 4.79. The maximum absolute atomic E-state index is 12.5. The molecule has 0 saturated carbocycles. The number of hydrogen-bond acceptors (Lipinski definition) is 5. The number of amides is 3. The van der Waals surface area contributed by atoms with E-state index in [1.54, 1.807) is 41.6 Å². The second-order valence-corrected chi connectivity index (χ2v) is 6.17. The van der Waals surface area contributed by atoms with E-state index in [1.807, 2.05) is 12.1 Å². The van der Waals surface area contributed by atoms with Crippen molar-refractivity contribution in [1.82, 2.24) is 9.88 Å². The third-order valence-corrected chi connectivity index (χ3v) is 4.27. The highest BCUT2D eigenvalue weighted by molar-refractivity contribution is 5.94. The molecule has 0 aliphatic carbocycles. The van der Waals surface area contributed by atoms with Crippen molar-refractivity contribution < 1.29 is 14.3 Å². The molecule has 1 aliphatic heterocycles. The Kier molecular flexibility index (Phi) is 6.22. The number of nitrogens with one attached hydrogen (secondary N) is 2. The van der Waals surface area contributed by atoms with Crippen LogP contribution in [0, 0.1) is 0 Å². The van der Waals surface area contributed by atoms with Crippen molar-refractivity contribution >= 4 is 29.0 Å². The Hall–Kier alpha value is -3.13. The number of carbonyl (C=O) groups excluding carboxylic acids is 2.